The number of allylic oxidation sites excluding steroid dienone is 9. The van der Waals surface area contributed by atoms with Crippen LogP contribution in [0.25, 0.3) is 0 Å². The second kappa shape index (κ2) is 15.6. The van der Waals surface area contributed by atoms with Crippen LogP contribution in [-0.2, 0) is 4.79 Å². The second-order valence-corrected chi connectivity index (χ2v) is 8.75. The fourth-order valence-corrected chi connectivity index (χ4v) is 3.61. The first-order valence-corrected chi connectivity index (χ1v) is 11.6. The summed E-state index contributed by atoms with van der Waals surface area (Å²) in [4.78, 5) is 12.9. The standard InChI is InChI=1S/C27H43N3O/c1-6-8-11-14-23(7-2)18-25(20-29-22(5)17-21(3)4)30-27(31)26(28)19-24-15-12-9-10-13-16-24/h6-9,12-16,21-22,25-26,29H,2,10-11,17-20,28H2,1,3-5H3,(H,30,31)/b8-6-,23-14+/t22-,25?,26+/m0/s1. The summed E-state index contributed by atoms with van der Waals surface area (Å²) >= 11 is 0. The number of amides is 1. The van der Waals surface area contributed by atoms with Crippen molar-refractivity contribution in [2.45, 2.75) is 77.9 Å². The summed E-state index contributed by atoms with van der Waals surface area (Å²) in [6.45, 7) is 13.3. The molecular formula is C27H43N3O. The summed E-state index contributed by atoms with van der Waals surface area (Å²) in [5.74, 6) is 0.520. The molecule has 0 heterocycles. The minimum Gasteiger partial charge on any atom is -0.350 e. The molecule has 1 rings (SSSR count). The summed E-state index contributed by atoms with van der Waals surface area (Å²) in [5.41, 5.74) is 8.47. The van der Waals surface area contributed by atoms with E-state index in [-0.39, 0.29) is 11.9 Å². The number of rotatable bonds is 14. The molecule has 0 aliphatic heterocycles. The number of hydrogen-bond acceptors (Lipinski definition) is 3. The van der Waals surface area contributed by atoms with Gasteiger partial charge in [-0.05, 0) is 57.4 Å². The molecule has 0 radical (unpaired) electrons. The van der Waals surface area contributed by atoms with E-state index in [9.17, 15) is 4.79 Å². The molecule has 31 heavy (non-hydrogen) atoms. The van der Waals surface area contributed by atoms with E-state index >= 15 is 0 Å². The average Bonchev–Trinajstić information content (AvgIpc) is 2.99. The summed E-state index contributed by atoms with van der Waals surface area (Å²) in [6.07, 6.45) is 22.6. The van der Waals surface area contributed by atoms with Gasteiger partial charge in [0.2, 0.25) is 5.91 Å². The topological polar surface area (TPSA) is 67.1 Å². The van der Waals surface area contributed by atoms with Crippen molar-refractivity contribution in [3.05, 3.63) is 72.4 Å². The number of hydrogen-bond donors (Lipinski definition) is 3. The summed E-state index contributed by atoms with van der Waals surface area (Å²) in [7, 11) is 0. The zero-order chi connectivity index (χ0) is 23.1. The van der Waals surface area contributed by atoms with Crippen molar-refractivity contribution >= 4 is 5.91 Å². The van der Waals surface area contributed by atoms with Gasteiger partial charge in [-0.1, -0.05) is 80.7 Å². The molecule has 0 aromatic carbocycles. The summed E-state index contributed by atoms with van der Waals surface area (Å²) < 4.78 is 0. The van der Waals surface area contributed by atoms with Crippen molar-refractivity contribution in [3.8, 4) is 0 Å². The van der Waals surface area contributed by atoms with Gasteiger partial charge in [-0.3, -0.25) is 4.79 Å². The molecule has 172 valence electrons. The molecule has 1 aliphatic rings. The monoisotopic (exact) mass is 425 g/mol. The number of nitrogens with one attached hydrogen (secondary N) is 2. The van der Waals surface area contributed by atoms with Crippen LogP contribution in [0, 0.1) is 5.92 Å². The fraction of sp³-hybridized carbons (Fsp3) is 0.519. The Morgan fingerprint density at radius 2 is 2.06 bits per heavy atom. The largest absolute Gasteiger partial charge is 0.350 e. The van der Waals surface area contributed by atoms with Gasteiger partial charge in [-0.2, -0.15) is 0 Å². The molecule has 1 aliphatic carbocycles. The molecule has 0 saturated carbocycles. The third-order valence-electron chi connectivity index (χ3n) is 5.22. The second-order valence-electron chi connectivity index (χ2n) is 8.75. The quantitative estimate of drug-likeness (QED) is 0.267. The van der Waals surface area contributed by atoms with E-state index in [0.717, 1.165) is 36.8 Å². The smallest absolute Gasteiger partial charge is 0.237 e. The van der Waals surface area contributed by atoms with Gasteiger partial charge in [-0.15, -0.1) is 0 Å². The molecular weight excluding hydrogens is 382 g/mol. The highest BCUT2D eigenvalue weighted by molar-refractivity contribution is 5.82. The van der Waals surface area contributed by atoms with Gasteiger partial charge < -0.3 is 16.4 Å². The van der Waals surface area contributed by atoms with E-state index < -0.39 is 6.04 Å². The Hall–Kier alpha value is -2.17. The maximum Gasteiger partial charge on any atom is 0.237 e. The van der Waals surface area contributed by atoms with Gasteiger partial charge in [0.1, 0.15) is 0 Å². The number of nitrogens with two attached hydrogens (primary N) is 1. The highest BCUT2D eigenvalue weighted by Gasteiger charge is 2.20. The van der Waals surface area contributed by atoms with Gasteiger partial charge in [0.05, 0.1) is 6.04 Å². The molecule has 1 unspecified atom stereocenters. The minimum atomic E-state index is -0.572. The van der Waals surface area contributed by atoms with Crippen LogP contribution in [0.1, 0.15) is 59.8 Å². The Labute approximate surface area is 190 Å². The molecule has 0 saturated heterocycles. The molecule has 0 bridgehead atoms. The SMILES string of the molecule is C=C/C(=C\C/C=C\C)CC(CN[C@@H](C)CC(C)C)NC(=O)[C@H](N)CC1=CC=CCC=C1. The Kier molecular flexibility index (Phi) is 13.5. The van der Waals surface area contributed by atoms with Crippen LogP contribution in [0.5, 0.6) is 0 Å². The van der Waals surface area contributed by atoms with Gasteiger partial charge >= 0.3 is 0 Å². The molecule has 0 aromatic heterocycles. The van der Waals surface area contributed by atoms with Crippen LogP contribution >= 0.6 is 0 Å². The van der Waals surface area contributed by atoms with Gasteiger partial charge in [0.25, 0.3) is 0 Å². The third kappa shape index (κ3) is 12.3. The van der Waals surface area contributed by atoms with Crippen LogP contribution in [0.4, 0.5) is 0 Å². The Morgan fingerprint density at radius 3 is 2.74 bits per heavy atom. The molecule has 4 heteroatoms. The lowest BCUT2D eigenvalue weighted by Gasteiger charge is -2.25. The maximum atomic E-state index is 12.9. The predicted molar refractivity (Wildman–Crippen MR) is 135 cm³/mol. The third-order valence-corrected chi connectivity index (χ3v) is 5.22. The van der Waals surface area contributed by atoms with E-state index in [2.05, 4.69) is 68.4 Å². The zero-order valence-electron chi connectivity index (χ0n) is 19.9. The van der Waals surface area contributed by atoms with E-state index in [4.69, 9.17) is 5.73 Å². The van der Waals surface area contributed by atoms with Gasteiger partial charge in [0.15, 0.2) is 0 Å². The van der Waals surface area contributed by atoms with E-state index in [1.54, 1.807) is 0 Å². The van der Waals surface area contributed by atoms with Crippen molar-refractivity contribution in [1.82, 2.24) is 10.6 Å². The number of carbonyl (C=O) groups excluding carboxylic acids is 1. The number of carbonyl (C=O) groups is 1. The van der Waals surface area contributed by atoms with Crippen molar-refractivity contribution in [1.29, 1.82) is 0 Å². The highest BCUT2D eigenvalue weighted by Crippen LogP contribution is 2.13. The normalized spacial score (nSPS) is 17.4. The van der Waals surface area contributed by atoms with Crippen molar-refractivity contribution < 1.29 is 4.79 Å². The first-order valence-electron chi connectivity index (χ1n) is 11.6. The van der Waals surface area contributed by atoms with E-state index in [1.165, 1.54) is 0 Å². The van der Waals surface area contributed by atoms with Crippen LogP contribution in [0.15, 0.2) is 72.4 Å². The van der Waals surface area contributed by atoms with E-state index in [1.807, 2.05) is 31.2 Å². The zero-order valence-corrected chi connectivity index (χ0v) is 19.9. The van der Waals surface area contributed by atoms with Crippen LogP contribution in [-0.4, -0.2) is 30.6 Å². The summed E-state index contributed by atoms with van der Waals surface area (Å²) in [6, 6.07) is -0.223. The molecule has 0 fully saturated rings. The van der Waals surface area contributed by atoms with Crippen LogP contribution < -0.4 is 16.4 Å². The molecule has 0 spiro atoms. The Balaban J connectivity index is 2.78. The molecule has 0 aromatic rings. The van der Waals surface area contributed by atoms with Crippen LogP contribution in [0.2, 0.25) is 0 Å². The molecule has 4 nitrogen and oxygen atoms in total. The summed E-state index contributed by atoms with van der Waals surface area (Å²) in [5, 5.41) is 6.77. The van der Waals surface area contributed by atoms with Crippen molar-refractivity contribution in [3.63, 3.8) is 0 Å². The van der Waals surface area contributed by atoms with Gasteiger partial charge in [-0.25, -0.2) is 0 Å². The first kappa shape index (κ1) is 26.9. The van der Waals surface area contributed by atoms with Crippen LogP contribution in [0.3, 0.4) is 0 Å². The van der Waals surface area contributed by atoms with Crippen molar-refractivity contribution in [2.75, 3.05) is 6.54 Å². The van der Waals surface area contributed by atoms with E-state index in [0.29, 0.717) is 24.9 Å². The minimum absolute atomic E-state index is 0.0402. The lowest BCUT2D eigenvalue weighted by Crippen LogP contribution is -2.50. The first-order chi connectivity index (χ1) is 14.8. The highest BCUT2D eigenvalue weighted by atomic mass is 16.2. The average molecular weight is 426 g/mol. The molecule has 4 N–H and O–H groups in total. The van der Waals surface area contributed by atoms with Crippen molar-refractivity contribution in [2.24, 2.45) is 11.7 Å². The lowest BCUT2D eigenvalue weighted by atomic mass is 10.0. The Bertz CT molecular complexity index is 697. The fourth-order valence-electron chi connectivity index (χ4n) is 3.61. The molecule has 1 amide bonds. The maximum absolute atomic E-state index is 12.9. The Morgan fingerprint density at radius 1 is 1.29 bits per heavy atom. The lowest BCUT2D eigenvalue weighted by molar-refractivity contribution is -0.123. The molecule has 3 atom stereocenters. The predicted octanol–water partition coefficient (Wildman–Crippen LogP) is 5.12. The van der Waals surface area contributed by atoms with Gasteiger partial charge in [0, 0.05) is 18.6 Å².